The molecule has 0 spiro atoms. The molecule has 4 rings (SSSR count). The Morgan fingerprint density at radius 3 is 2.66 bits per heavy atom. The zero-order valence-electron chi connectivity index (χ0n) is 15.0. The van der Waals surface area contributed by atoms with E-state index in [0.717, 1.165) is 4.90 Å². The van der Waals surface area contributed by atoms with Crippen molar-refractivity contribution in [1.82, 2.24) is 20.4 Å². The minimum Gasteiger partial charge on any atom is -0.461 e. The van der Waals surface area contributed by atoms with Gasteiger partial charge in [-0.1, -0.05) is 17.3 Å². The second-order valence-corrected chi connectivity index (χ2v) is 6.34. The number of alkyl halides is 2. The second-order valence-electron chi connectivity index (χ2n) is 6.34. The molecular formula is C18H14F2N4O5. The fourth-order valence-electron chi connectivity index (χ4n) is 2.97. The highest BCUT2D eigenvalue weighted by Crippen LogP contribution is 2.31. The summed E-state index contributed by atoms with van der Waals surface area (Å²) in [6.45, 7) is -1.68. The fourth-order valence-corrected chi connectivity index (χ4v) is 2.97. The van der Waals surface area contributed by atoms with E-state index >= 15 is 0 Å². The summed E-state index contributed by atoms with van der Waals surface area (Å²) in [5, 5.41) is 6.36. The minimum atomic E-state index is -2.96. The van der Waals surface area contributed by atoms with Crippen LogP contribution in [0, 0.1) is 0 Å². The topological polar surface area (TPSA) is 111 Å². The number of hydrogen-bond acceptors (Lipinski definition) is 7. The van der Waals surface area contributed by atoms with Gasteiger partial charge in [0, 0.05) is 0 Å². The molecule has 29 heavy (non-hydrogen) atoms. The van der Waals surface area contributed by atoms with Crippen LogP contribution in [0.2, 0.25) is 0 Å². The van der Waals surface area contributed by atoms with Gasteiger partial charge >= 0.3 is 12.6 Å². The van der Waals surface area contributed by atoms with Crippen LogP contribution in [0.5, 0.6) is 5.75 Å². The van der Waals surface area contributed by atoms with E-state index in [9.17, 15) is 18.4 Å². The van der Waals surface area contributed by atoms with Gasteiger partial charge < -0.3 is 19.0 Å². The van der Waals surface area contributed by atoms with Crippen molar-refractivity contribution in [2.45, 2.75) is 25.6 Å². The molecule has 9 nitrogen and oxygen atoms in total. The lowest BCUT2D eigenvalue weighted by atomic mass is 9.92. The van der Waals surface area contributed by atoms with E-state index in [-0.39, 0.29) is 24.0 Å². The number of furan rings is 1. The van der Waals surface area contributed by atoms with Crippen molar-refractivity contribution in [3.05, 3.63) is 54.1 Å². The summed E-state index contributed by atoms with van der Waals surface area (Å²) in [7, 11) is 0. The van der Waals surface area contributed by atoms with Gasteiger partial charge in [-0.05, 0) is 36.8 Å². The van der Waals surface area contributed by atoms with Crippen molar-refractivity contribution >= 4 is 11.9 Å². The van der Waals surface area contributed by atoms with E-state index in [1.54, 1.807) is 12.1 Å². The number of carbonyl (C=O) groups is 2. The zero-order chi connectivity index (χ0) is 20.6. The number of rotatable bonds is 6. The minimum absolute atomic E-state index is 0.0461. The highest BCUT2D eigenvalue weighted by Gasteiger charge is 2.49. The Morgan fingerprint density at radius 2 is 2.00 bits per heavy atom. The molecule has 0 saturated carbocycles. The third-order valence-electron chi connectivity index (χ3n) is 4.43. The van der Waals surface area contributed by atoms with Gasteiger partial charge in [0.2, 0.25) is 11.7 Å². The van der Waals surface area contributed by atoms with Crippen molar-refractivity contribution < 1.29 is 32.0 Å². The number of ether oxygens (including phenoxy) is 1. The normalized spacial score (nSPS) is 19.1. The standard InChI is InChI=1S/C18H14F2N4O5/c1-18(10-4-6-11(7-5-10)28-16(19)20)15(25)24(17(26)22-18)9-13-21-14(23-29-13)12-3-2-8-27-12/h2-8,16H,9H2,1H3,(H,22,26)/t18-/m0/s1. The molecule has 11 heteroatoms. The summed E-state index contributed by atoms with van der Waals surface area (Å²) >= 11 is 0. The molecule has 1 saturated heterocycles. The lowest BCUT2D eigenvalue weighted by Crippen LogP contribution is -2.40. The highest BCUT2D eigenvalue weighted by atomic mass is 19.3. The number of halogens is 2. The molecule has 1 aliphatic heterocycles. The molecule has 3 aromatic rings. The first-order valence-corrected chi connectivity index (χ1v) is 8.43. The van der Waals surface area contributed by atoms with Crippen molar-refractivity contribution in [2.75, 3.05) is 0 Å². The molecule has 3 amide bonds. The van der Waals surface area contributed by atoms with Crippen LogP contribution in [-0.2, 0) is 16.9 Å². The maximum Gasteiger partial charge on any atom is 0.387 e. The molecule has 0 aliphatic carbocycles. The number of hydrogen-bond donors (Lipinski definition) is 1. The van der Waals surface area contributed by atoms with Gasteiger partial charge in [-0.15, -0.1) is 0 Å². The van der Waals surface area contributed by atoms with E-state index < -0.39 is 24.1 Å². The Bertz CT molecular complexity index is 1030. The number of benzene rings is 1. The molecule has 0 radical (unpaired) electrons. The lowest BCUT2D eigenvalue weighted by Gasteiger charge is -2.22. The molecule has 1 atom stereocenters. The maximum absolute atomic E-state index is 12.9. The first-order valence-electron chi connectivity index (χ1n) is 8.43. The van der Waals surface area contributed by atoms with E-state index in [1.807, 2.05) is 0 Å². The Morgan fingerprint density at radius 1 is 1.24 bits per heavy atom. The van der Waals surface area contributed by atoms with Crippen LogP contribution in [-0.4, -0.2) is 33.6 Å². The van der Waals surface area contributed by atoms with E-state index in [4.69, 9.17) is 8.94 Å². The highest BCUT2D eigenvalue weighted by molar-refractivity contribution is 6.07. The lowest BCUT2D eigenvalue weighted by molar-refractivity contribution is -0.131. The van der Waals surface area contributed by atoms with Crippen LogP contribution in [0.15, 0.2) is 51.6 Å². The first kappa shape index (κ1) is 18.6. The quantitative estimate of drug-likeness (QED) is 0.629. The van der Waals surface area contributed by atoms with Crippen molar-refractivity contribution in [1.29, 1.82) is 0 Å². The van der Waals surface area contributed by atoms with Crippen molar-refractivity contribution in [3.8, 4) is 17.3 Å². The van der Waals surface area contributed by atoms with Gasteiger partial charge in [-0.25, -0.2) is 4.79 Å². The zero-order valence-corrected chi connectivity index (χ0v) is 15.0. The molecule has 150 valence electrons. The maximum atomic E-state index is 12.9. The van der Waals surface area contributed by atoms with E-state index in [0.29, 0.717) is 11.3 Å². The summed E-state index contributed by atoms with van der Waals surface area (Å²) in [6, 6.07) is 8.10. The number of imide groups is 1. The third kappa shape index (κ3) is 3.42. The largest absolute Gasteiger partial charge is 0.461 e. The van der Waals surface area contributed by atoms with Crippen LogP contribution in [0.25, 0.3) is 11.6 Å². The summed E-state index contributed by atoms with van der Waals surface area (Å²) in [6.07, 6.45) is 1.45. The predicted octanol–water partition coefficient (Wildman–Crippen LogP) is 2.90. The molecular weight excluding hydrogens is 390 g/mol. The predicted molar refractivity (Wildman–Crippen MR) is 91.5 cm³/mol. The molecule has 0 unspecified atom stereocenters. The summed E-state index contributed by atoms with van der Waals surface area (Å²) in [5.41, 5.74) is -0.980. The number of urea groups is 1. The second kappa shape index (κ2) is 7.00. The Kier molecular flexibility index (Phi) is 4.49. The average Bonchev–Trinajstić information content (AvgIpc) is 3.40. The number of nitrogens with one attached hydrogen (secondary N) is 1. The van der Waals surface area contributed by atoms with Crippen molar-refractivity contribution in [3.63, 3.8) is 0 Å². The summed E-state index contributed by atoms with van der Waals surface area (Å²) < 4.78 is 39.1. The van der Waals surface area contributed by atoms with Gasteiger partial charge in [0.25, 0.3) is 5.91 Å². The van der Waals surface area contributed by atoms with Crippen LogP contribution >= 0.6 is 0 Å². The molecule has 0 bridgehead atoms. The Hall–Kier alpha value is -3.76. The van der Waals surface area contributed by atoms with Gasteiger partial charge in [0.1, 0.15) is 17.8 Å². The molecule has 1 N–H and O–H groups in total. The molecule has 3 heterocycles. The van der Waals surface area contributed by atoms with Crippen LogP contribution in [0.3, 0.4) is 0 Å². The van der Waals surface area contributed by atoms with E-state index in [1.165, 1.54) is 37.5 Å². The van der Waals surface area contributed by atoms with Gasteiger partial charge in [0.15, 0.2) is 5.76 Å². The molecule has 1 aromatic carbocycles. The number of aromatic nitrogens is 2. The van der Waals surface area contributed by atoms with Crippen LogP contribution < -0.4 is 10.1 Å². The summed E-state index contributed by atoms with van der Waals surface area (Å²) in [5.74, 6) is 0.00693. The van der Waals surface area contributed by atoms with Crippen molar-refractivity contribution in [2.24, 2.45) is 0 Å². The summed E-state index contributed by atoms with van der Waals surface area (Å²) in [4.78, 5) is 30.4. The fraction of sp³-hybridized carbons (Fsp3) is 0.222. The van der Waals surface area contributed by atoms with E-state index in [2.05, 4.69) is 20.2 Å². The Balaban J connectivity index is 1.52. The third-order valence-corrected chi connectivity index (χ3v) is 4.43. The molecule has 2 aromatic heterocycles. The molecule has 1 fully saturated rings. The first-order chi connectivity index (χ1) is 13.9. The SMILES string of the molecule is C[C@@]1(c2ccc(OC(F)F)cc2)NC(=O)N(Cc2nc(-c3ccco3)no2)C1=O. The monoisotopic (exact) mass is 404 g/mol. The van der Waals surface area contributed by atoms with Gasteiger partial charge in [-0.3, -0.25) is 9.69 Å². The number of nitrogens with zero attached hydrogens (tertiary/aromatic N) is 3. The van der Waals surface area contributed by atoms with Crippen LogP contribution in [0.4, 0.5) is 13.6 Å². The number of amides is 3. The van der Waals surface area contributed by atoms with Gasteiger partial charge in [0.05, 0.1) is 6.26 Å². The molecule has 1 aliphatic rings. The van der Waals surface area contributed by atoms with Gasteiger partial charge in [-0.2, -0.15) is 13.8 Å². The van der Waals surface area contributed by atoms with Crippen LogP contribution in [0.1, 0.15) is 18.4 Å². The number of carbonyl (C=O) groups excluding carboxylic acids is 2. The smallest absolute Gasteiger partial charge is 0.387 e. The average molecular weight is 404 g/mol. The Labute approximate surface area is 162 Å².